The number of halogens is 2. The standard InChI is InChI=1S/C7H7BrN2O2.C7H7BrN2O/c1-5(11)9-7-4-6(8)2-3-10(7)12;1-5(11)10-7-4-6(8)2-3-9-7/h2-4,12H,1H3;2-4H,1H3,(H,9,10,11)/p+1. The molecule has 0 aliphatic rings. The second-order valence-electron chi connectivity index (χ2n) is 4.30. The molecule has 0 bridgehead atoms. The fraction of sp³-hybridized carbons (Fsp3) is 0.143. The second kappa shape index (κ2) is 9.21. The highest BCUT2D eigenvalue weighted by atomic mass is 79.9. The quantitative estimate of drug-likeness (QED) is 0.488. The van der Waals surface area contributed by atoms with Gasteiger partial charge in [0.1, 0.15) is 12.0 Å². The van der Waals surface area contributed by atoms with E-state index in [2.05, 4.69) is 47.5 Å². The summed E-state index contributed by atoms with van der Waals surface area (Å²) in [6, 6.07) is 6.79. The first-order valence-electron chi connectivity index (χ1n) is 6.35. The number of hydrogen-bond donors (Lipinski definition) is 3. The van der Waals surface area contributed by atoms with Crippen LogP contribution < -0.4 is 15.4 Å². The average Bonchev–Trinajstić information content (AvgIpc) is 2.42. The van der Waals surface area contributed by atoms with Crippen molar-refractivity contribution in [1.82, 2.24) is 4.98 Å². The summed E-state index contributed by atoms with van der Waals surface area (Å²) >= 11 is 6.47. The van der Waals surface area contributed by atoms with Crippen LogP contribution in [0.1, 0.15) is 13.8 Å². The minimum atomic E-state index is -0.226. The fourth-order valence-electron chi connectivity index (χ4n) is 1.39. The summed E-state index contributed by atoms with van der Waals surface area (Å²) in [6.45, 7) is 2.82. The fourth-order valence-corrected chi connectivity index (χ4v) is 2.06. The van der Waals surface area contributed by atoms with Gasteiger partial charge in [0.05, 0.1) is 0 Å². The third-order valence-electron chi connectivity index (χ3n) is 2.23. The van der Waals surface area contributed by atoms with Gasteiger partial charge in [-0.25, -0.2) is 15.1 Å². The third-order valence-corrected chi connectivity index (χ3v) is 3.21. The number of rotatable bonds is 2. The topological polar surface area (TPSA) is 95.2 Å². The van der Waals surface area contributed by atoms with Gasteiger partial charge in [0.25, 0.3) is 0 Å². The van der Waals surface area contributed by atoms with Gasteiger partial charge in [-0.3, -0.25) is 4.79 Å². The summed E-state index contributed by atoms with van der Waals surface area (Å²) in [5.74, 6) is 0.551. The lowest BCUT2D eigenvalue weighted by molar-refractivity contribution is -0.893. The molecule has 2 rings (SSSR count). The van der Waals surface area contributed by atoms with E-state index in [9.17, 15) is 9.59 Å². The number of nitrogens with one attached hydrogen (secondary N) is 2. The SMILES string of the molecule is CC(=O)Nc1cc(Br)cc[n+]1O.CC(=O)Nc1cc(Br)ccn1. The Balaban J connectivity index is 0.000000231. The van der Waals surface area contributed by atoms with E-state index in [1.54, 1.807) is 30.5 Å². The van der Waals surface area contributed by atoms with Crippen molar-refractivity contribution >= 4 is 55.3 Å². The molecule has 2 aromatic heterocycles. The predicted octanol–water partition coefficient (Wildman–Crippen LogP) is 2.73. The maximum absolute atomic E-state index is 10.6. The highest BCUT2D eigenvalue weighted by Gasteiger charge is 2.10. The van der Waals surface area contributed by atoms with Crippen LogP contribution in [-0.2, 0) is 9.59 Å². The van der Waals surface area contributed by atoms with Crippen LogP contribution in [0, 0.1) is 0 Å². The number of amides is 2. The number of anilines is 2. The molecule has 0 radical (unpaired) electrons. The van der Waals surface area contributed by atoms with Gasteiger partial charge >= 0.3 is 11.7 Å². The van der Waals surface area contributed by atoms with Crippen molar-refractivity contribution in [3.63, 3.8) is 0 Å². The van der Waals surface area contributed by atoms with Crippen LogP contribution in [0.15, 0.2) is 45.6 Å². The van der Waals surface area contributed by atoms with Crippen LogP contribution in [0.25, 0.3) is 0 Å². The van der Waals surface area contributed by atoms with Gasteiger partial charge in [-0.05, 0) is 18.2 Å². The Labute approximate surface area is 150 Å². The molecule has 2 aromatic rings. The molecular formula is C14H15Br2N4O3+. The van der Waals surface area contributed by atoms with E-state index in [-0.39, 0.29) is 11.8 Å². The van der Waals surface area contributed by atoms with Crippen molar-refractivity contribution in [2.24, 2.45) is 0 Å². The first kappa shape index (κ1) is 19.0. The van der Waals surface area contributed by atoms with Crippen molar-refractivity contribution in [2.75, 3.05) is 10.6 Å². The second-order valence-corrected chi connectivity index (χ2v) is 6.13. The van der Waals surface area contributed by atoms with E-state index in [0.717, 1.165) is 13.7 Å². The van der Waals surface area contributed by atoms with Crippen molar-refractivity contribution in [3.8, 4) is 0 Å². The molecule has 0 atom stereocenters. The molecular weight excluding hydrogens is 432 g/mol. The number of carbonyl (C=O) groups is 2. The molecule has 122 valence electrons. The summed E-state index contributed by atoms with van der Waals surface area (Å²) in [4.78, 5) is 25.1. The summed E-state index contributed by atoms with van der Waals surface area (Å²) in [5, 5.41) is 14.2. The van der Waals surface area contributed by atoms with Gasteiger partial charge < -0.3 is 10.5 Å². The van der Waals surface area contributed by atoms with E-state index in [1.165, 1.54) is 20.0 Å². The van der Waals surface area contributed by atoms with E-state index < -0.39 is 0 Å². The molecule has 7 nitrogen and oxygen atoms in total. The first-order valence-corrected chi connectivity index (χ1v) is 7.93. The molecule has 0 aromatic carbocycles. The number of pyridine rings is 2. The Morgan fingerprint density at radius 3 is 2.26 bits per heavy atom. The van der Waals surface area contributed by atoms with Gasteiger partial charge in [0.15, 0.2) is 0 Å². The van der Waals surface area contributed by atoms with Crippen LogP contribution in [0.3, 0.4) is 0 Å². The highest BCUT2D eigenvalue weighted by molar-refractivity contribution is 9.10. The molecule has 2 amide bonds. The summed E-state index contributed by atoms with van der Waals surface area (Å²) in [6.07, 6.45) is 3.05. The summed E-state index contributed by atoms with van der Waals surface area (Å²) in [5.41, 5.74) is 0. The molecule has 0 unspecified atom stereocenters. The van der Waals surface area contributed by atoms with Gasteiger partial charge in [0, 0.05) is 35.1 Å². The molecule has 0 saturated heterocycles. The van der Waals surface area contributed by atoms with E-state index in [0.29, 0.717) is 11.6 Å². The zero-order valence-corrected chi connectivity index (χ0v) is 15.6. The molecule has 0 aliphatic carbocycles. The third kappa shape index (κ3) is 7.71. The van der Waals surface area contributed by atoms with Gasteiger partial charge in [-0.15, -0.1) is 0 Å². The normalized spacial score (nSPS) is 9.39. The highest BCUT2D eigenvalue weighted by Crippen LogP contribution is 2.12. The monoisotopic (exact) mass is 445 g/mol. The Hall–Kier alpha value is -2.00. The zero-order chi connectivity index (χ0) is 17.4. The number of aromatic nitrogens is 2. The van der Waals surface area contributed by atoms with Gasteiger partial charge in [-0.1, -0.05) is 36.6 Å². The number of carbonyl (C=O) groups excluding carboxylic acids is 2. The Bertz CT molecular complexity index is 710. The van der Waals surface area contributed by atoms with Crippen molar-refractivity contribution in [2.45, 2.75) is 13.8 Å². The van der Waals surface area contributed by atoms with E-state index in [4.69, 9.17) is 5.21 Å². The maximum Gasteiger partial charge on any atom is 0.322 e. The lowest BCUT2D eigenvalue weighted by Gasteiger charge is -1.99. The largest absolute Gasteiger partial charge is 0.350 e. The lowest BCUT2D eigenvalue weighted by atomic mass is 10.4. The minimum absolute atomic E-state index is 0.115. The molecule has 2 heterocycles. The zero-order valence-electron chi connectivity index (χ0n) is 12.4. The van der Waals surface area contributed by atoms with Crippen LogP contribution in [0.2, 0.25) is 0 Å². The Morgan fingerprint density at radius 2 is 1.70 bits per heavy atom. The lowest BCUT2D eigenvalue weighted by Crippen LogP contribution is -2.34. The van der Waals surface area contributed by atoms with Crippen molar-refractivity contribution in [1.29, 1.82) is 0 Å². The average molecular weight is 447 g/mol. The molecule has 0 saturated carbocycles. The summed E-state index contributed by atoms with van der Waals surface area (Å²) in [7, 11) is 0. The number of nitrogens with zero attached hydrogens (tertiary/aromatic N) is 2. The molecule has 3 N–H and O–H groups in total. The first-order chi connectivity index (χ1) is 10.8. The Kier molecular flexibility index (Phi) is 7.63. The smallest absolute Gasteiger partial charge is 0.322 e. The van der Waals surface area contributed by atoms with Crippen LogP contribution in [-0.4, -0.2) is 22.0 Å². The van der Waals surface area contributed by atoms with Crippen LogP contribution in [0.4, 0.5) is 11.6 Å². The molecule has 0 spiro atoms. The van der Waals surface area contributed by atoms with Crippen molar-refractivity contribution < 1.29 is 19.5 Å². The molecule has 0 fully saturated rings. The summed E-state index contributed by atoms with van der Waals surface area (Å²) < 4.78 is 2.53. The molecule has 9 heteroatoms. The van der Waals surface area contributed by atoms with E-state index in [1.807, 2.05) is 0 Å². The number of hydrogen-bond acceptors (Lipinski definition) is 4. The Morgan fingerprint density at radius 1 is 1.09 bits per heavy atom. The van der Waals surface area contributed by atoms with Crippen LogP contribution in [0.5, 0.6) is 0 Å². The predicted molar refractivity (Wildman–Crippen MR) is 92.1 cm³/mol. The molecule has 0 aliphatic heterocycles. The van der Waals surface area contributed by atoms with Gasteiger partial charge in [-0.2, -0.15) is 0 Å². The van der Waals surface area contributed by atoms with Crippen molar-refractivity contribution in [3.05, 3.63) is 45.6 Å². The maximum atomic E-state index is 10.6. The van der Waals surface area contributed by atoms with Gasteiger partial charge in [0.2, 0.25) is 5.91 Å². The van der Waals surface area contributed by atoms with Crippen LogP contribution >= 0.6 is 31.9 Å². The van der Waals surface area contributed by atoms with E-state index >= 15 is 0 Å². The minimum Gasteiger partial charge on any atom is -0.350 e. The molecule has 23 heavy (non-hydrogen) atoms.